The Bertz CT molecular complexity index is 349. The summed E-state index contributed by atoms with van der Waals surface area (Å²) in [5.41, 5.74) is 1.08. The Morgan fingerprint density at radius 2 is 2.50 bits per heavy atom. The number of rotatable bonds is 1. The molecule has 0 bridgehead atoms. The largest absolute Gasteiger partial charge is 0.311 e. The number of fused-ring (bicyclic) bond motifs is 1. The molecule has 0 radical (unpaired) electrons. The number of hydrogen-bond acceptors (Lipinski definition) is 3. The Balaban J connectivity index is 1.94. The van der Waals surface area contributed by atoms with E-state index in [-0.39, 0.29) is 5.91 Å². The lowest BCUT2D eigenvalue weighted by atomic mass is 10.1. The van der Waals surface area contributed by atoms with E-state index >= 15 is 0 Å². The molecule has 0 saturated carbocycles. The number of anilines is 1. The molecule has 1 amide bonds. The van der Waals surface area contributed by atoms with Crippen LogP contribution in [-0.2, 0) is 4.79 Å². The number of carbonyl (C=O) groups excluding carboxylic acids is 1. The van der Waals surface area contributed by atoms with E-state index in [1.165, 1.54) is 0 Å². The third kappa shape index (κ3) is 1.11. The lowest BCUT2D eigenvalue weighted by Gasteiger charge is -2.21. The predicted molar refractivity (Wildman–Crippen MR) is 56.6 cm³/mol. The topological polar surface area (TPSA) is 32.3 Å². The number of nitrogens with one attached hydrogen (secondary N) is 1. The fourth-order valence-electron chi connectivity index (χ4n) is 2.47. The van der Waals surface area contributed by atoms with Gasteiger partial charge in [0.05, 0.1) is 11.7 Å². The minimum absolute atomic E-state index is 0.269. The molecular weight excluding hydrogens is 196 g/mol. The standard InChI is InChI=1S/C10H12N2OS/c13-10-5-8-9(1-3-11-8)12(10)7-2-4-14-6-7/h2,4,6,8-9,11H,1,3,5H2. The van der Waals surface area contributed by atoms with Gasteiger partial charge in [-0.2, -0.15) is 11.3 Å². The molecule has 2 fully saturated rings. The summed E-state index contributed by atoms with van der Waals surface area (Å²) >= 11 is 1.65. The van der Waals surface area contributed by atoms with Gasteiger partial charge in [0.2, 0.25) is 5.91 Å². The molecule has 0 spiro atoms. The minimum Gasteiger partial charge on any atom is -0.311 e. The molecule has 2 aliphatic rings. The Kier molecular flexibility index (Phi) is 1.85. The van der Waals surface area contributed by atoms with Gasteiger partial charge < -0.3 is 10.2 Å². The van der Waals surface area contributed by atoms with Crippen LogP contribution in [0.15, 0.2) is 16.8 Å². The van der Waals surface area contributed by atoms with Crippen LogP contribution in [0.3, 0.4) is 0 Å². The van der Waals surface area contributed by atoms with Crippen LogP contribution in [0.4, 0.5) is 5.69 Å². The monoisotopic (exact) mass is 208 g/mol. The second-order valence-electron chi connectivity index (χ2n) is 3.87. The molecule has 3 rings (SSSR count). The van der Waals surface area contributed by atoms with Gasteiger partial charge in [-0.3, -0.25) is 4.79 Å². The van der Waals surface area contributed by atoms with E-state index < -0.39 is 0 Å². The number of hydrogen-bond donors (Lipinski definition) is 1. The summed E-state index contributed by atoms with van der Waals surface area (Å²) in [4.78, 5) is 13.8. The van der Waals surface area contributed by atoms with Crippen molar-refractivity contribution in [3.05, 3.63) is 16.8 Å². The summed E-state index contributed by atoms with van der Waals surface area (Å²) in [6.45, 7) is 1.04. The van der Waals surface area contributed by atoms with Gasteiger partial charge in [-0.1, -0.05) is 0 Å². The zero-order valence-corrected chi connectivity index (χ0v) is 8.59. The summed E-state index contributed by atoms with van der Waals surface area (Å²) < 4.78 is 0. The van der Waals surface area contributed by atoms with Crippen molar-refractivity contribution in [3.8, 4) is 0 Å². The van der Waals surface area contributed by atoms with Crippen molar-refractivity contribution in [2.45, 2.75) is 24.9 Å². The second kappa shape index (κ2) is 3.07. The maximum absolute atomic E-state index is 11.8. The molecule has 2 aliphatic heterocycles. The average molecular weight is 208 g/mol. The summed E-state index contributed by atoms with van der Waals surface area (Å²) in [6, 6.07) is 2.82. The number of amides is 1. The third-order valence-corrected chi connectivity index (χ3v) is 3.76. The number of thiophene rings is 1. The Hall–Kier alpha value is -0.870. The molecule has 1 aromatic rings. The van der Waals surface area contributed by atoms with Gasteiger partial charge in [0.25, 0.3) is 0 Å². The summed E-state index contributed by atoms with van der Waals surface area (Å²) in [5.74, 6) is 0.269. The molecule has 3 heterocycles. The fraction of sp³-hybridized carbons (Fsp3) is 0.500. The van der Waals surface area contributed by atoms with Crippen molar-refractivity contribution in [2.24, 2.45) is 0 Å². The Labute approximate surface area is 86.7 Å². The van der Waals surface area contributed by atoms with Crippen molar-refractivity contribution in [2.75, 3.05) is 11.4 Å². The quantitative estimate of drug-likeness (QED) is 0.752. The van der Waals surface area contributed by atoms with Gasteiger partial charge in [-0.15, -0.1) is 0 Å². The first kappa shape index (κ1) is 8.44. The highest BCUT2D eigenvalue weighted by Gasteiger charge is 2.43. The lowest BCUT2D eigenvalue weighted by molar-refractivity contribution is -0.117. The number of carbonyl (C=O) groups is 1. The van der Waals surface area contributed by atoms with Crippen molar-refractivity contribution in [1.82, 2.24) is 5.32 Å². The maximum Gasteiger partial charge on any atom is 0.228 e. The third-order valence-electron chi connectivity index (χ3n) is 3.09. The van der Waals surface area contributed by atoms with Crippen LogP contribution in [-0.4, -0.2) is 24.5 Å². The van der Waals surface area contributed by atoms with E-state index in [0.717, 1.165) is 18.7 Å². The first-order chi connectivity index (χ1) is 6.86. The van der Waals surface area contributed by atoms with Gasteiger partial charge in [0.1, 0.15) is 0 Å². The summed E-state index contributed by atoms with van der Waals surface area (Å²) in [7, 11) is 0. The summed E-state index contributed by atoms with van der Waals surface area (Å²) in [6.07, 6.45) is 1.76. The van der Waals surface area contributed by atoms with Crippen LogP contribution in [0.5, 0.6) is 0 Å². The zero-order chi connectivity index (χ0) is 9.54. The smallest absolute Gasteiger partial charge is 0.228 e. The molecule has 2 saturated heterocycles. The highest BCUT2D eigenvalue weighted by molar-refractivity contribution is 7.08. The van der Waals surface area contributed by atoms with Crippen molar-refractivity contribution in [3.63, 3.8) is 0 Å². The normalized spacial score (nSPS) is 31.1. The molecule has 74 valence electrons. The van der Waals surface area contributed by atoms with Gasteiger partial charge >= 0.3 is 0 Å². The lowest BCUT2D eigenvalue weighted by Crippen LogP contribution is -2.35. The maximum atomic E-state index is 11.8. The molecule has 3 nitrogen and oxygen atoms in total. The Morgan fingerprint density at radius 3 is 3.29 bits per heavy atom. The van der Waals surface area contributed by atoms with E-state index in [9.17, 15) is 4.79 Å². The molecule has 4 heteroatoms. The zero-order valence-electron chi connectivity index (χ0n) is 7.77. The van der Waals surface area contributed by atoms with Crippen molar-refractivity contribution >= 4 is 22.9 Å². The van der Waals surface area contributed by atoms with Gasteiger partial charge in [0.15, 0.2) is 0 Å². The highest BCUT2D eigenvalue weighted by atomic mass is 32.1. The molecular formula is C10H12N2OS. The van der Waals surface area contributed by atoms with Gasteiger partial charge in [-0.25, -0.2) is 0 Å². The van der Waals surface area contributed by atoms with Crippen molar-refractivity contribution < 1.29 is 4.79 Å². The van der Waals surface area contributed by atoms with Gasteiger partial charge in [0, 0.05) is 17.8 Å². The van der Waals surface area contributed by atoms with Crippen LogP contribution < -0.4 is 10.2 Å². The molecule has 0 aromatic carbocycles. The van der Waals surface area contributed by atoms with E-state index in [1.54, 1.807) is 11.3 Å². The first-order valence-electron chi connectivity index (χ1n) is 4.94. The minimum atomic E-state index is 0.269. The average Bonchev–Trinajstić information content (AvgIpc) is 2.78. The second-order valence-corrected chi connectivity index (χ2v) is 4.65. The highest BCUT2D eigenvalue weighted by Crippen LogP contribution is 2.32. The predicted octanol–water partition coefficient (Wildman–Crippen LogP) is 1.22. The van der Waals surface area contributed by atoms with Crippen LogP contribution in [0.1, 0.15) is 12.8 Å². The fourth-order valence-corrected chi connectivity index (χ4v) is 3.10. The van der Waals surface area contributed by atoms with Crippen LogP contribution in [0.25, 0.3) is 0 Å². The molecule has 1 N–H and O–H groups in total. The summed E-state index contributed by atoms with van der Waals surface area (Å²) in [5, 5.41) is 7.46. The molecule has 1 aromatic heterocycles. The first-order valence-corrected chi connectivity index (χ1v) is 5.88. The van der Waals surface area contributed by atoms with E-state index in [4.69, 9.17) is 0 Å². The van der Waals surface area contributed by atoms with Crippen LogP contribution >= 0.6 is 11.3 Å². The van der Waals surface area contributed by atoms with E-state index in [0.29, 0.717) is 18.5 Å². The Morgan fingerprint density at radius 1 is 1.57 bits per heavy atom. The van der Waals surface area contributed by atoms with Crippen molar-refractivity contribution in [1.29, 1.82) is 0 Å². The van der Waals surface area contributed by atoms with Crippen LogP contribution in [0.2, 0.25) is 0 Å². The van der Waals surface area contributed by atoms with E-state index in [1.807, 2.05) is 16.3 Å². The molecule has 0 aliphatic carbocycles. The molecule has 14 heavy (non-hydrogen) atoms. The van der Waals surface area contributed by atoms with Crippen LogP contribution in [0, 0.1) is 0 Å². The SMILES string of the molecule is O=C1CC2NCCC2N1c1ccsc1. The number of nitrogens with zero attached hydrogens (tertiary/aromatic N) is 1. The van der Waals surface area contributed by atoms with Gasteiger partial charge in [-0.05, 0) is 24.4 Å². The molecule has 2 atom stereocenters. The molecule has 2 unspecified atom stereocenters. The van der Waals surface area contributed by atoms with E-state index in [2.05, 4.69) is 10.7 Å².